The first kappa shape index (κ1) is 26.0. The number of fused-ring (bicyclic) bond motifs is 1. The molecule has 192 valence electrons. The summed E-state index contributed by atoms with van der Waals surface area (Å²) in [6, 6.07) is 25.8. The Labute approximate surface area is 218 Å². The van der Waals surface area contributed by atoms with E-state index < -0.39 is 34.2 Å². The molecule has 9 nitrogen and oxygen atoms in total. The minimum Gasteiger partial charge on any atom is -0.367 e. The van der Waals surface area contributed by atoms with Crippen molar-refractivity contribution in [3.63, 3.8) is 0 Å². The van der Waals surface area contributed by atoms with Crippen molar-refractivity contribution in [3.05, 3.63) is 124 Å². The number of nitro groups is 1. The normalized spacial score (nSPS) is 13.2. The van der Waals surface area contributed by atoms with Crippen LogP contribution >= 0.6 is 0 Å². The van der Waals surface area contributed by atoms with Gasteiger partial charge in [-0.05, 0) is 34.9 Å². The average Bonchev–Trinajstić information content (AvgIpc) is 2.92. The topological polar surface area (TPSA) is 144 Å². The molecule has 0 heterocycles. The second kappa shape index (κ2) is 10.9. The molecule has 0 radical (unpaired) electrons. The van der Waals surface area contributed by atoms with Gasteiger partial charge < -0.3 is 16.4 Å². The lowest BCUT2D eigenvalue weighted by atomic mass is 9.90. The van der Waals surface area contributed by atoms with Crippen LogP contribution in [0.15, 0.2) is 97.1 Å². The van der Waals surface area contributed by atoms with Crippen LogP contribution in [0.1, 0.15) is 28.4 Å². The van der Waals surface area contributed by atoms with Gasteiger partial charge in [0.1, 0.15) is 11.6 Å². The molecule has 9 heteroatoms. The molecule has 0 bridgehead atoms. The van der Waals surface area contributed by atoms with Crippen molar-refractivity contribution in [3.8, 4) is 0 Å². The monoisotopic (exact) mass is 510 g/mol. The number of rotatable bonds is 9. The summed E-state index contributed by atoms with van der Waals surface area (Å²) in [4.78, 5) is 50.0. The van der Waals surface area contributed by atoms with Crippen molar-refractivity contribution in [1.82, 2.24) is 10.6 Å². The molecule has 0 aliphatic rings. The van der Waals surface area contributed by atoms with Gasteiger partial charge in [-0.1, -0.05) is 78.9 Å². The smallest absolute Gasteiger partial charge is 0.269 e. The van der Waals surface area contributed by atoms with Gasteiger partial charge in [-0.15, -0.1) is 0 Å². The standard InChI is InChI=1S/C29H26N4O5/c1-29(28(30)36,21-10-3-2-4-11-21)32-27(35)25(18-19-14-16-22(17-15-19)33(37)38)31-26(34)24-13-7-9-20-8-5-6-12-23(20)24/h2-17,25H,18H2,1H3,(H2,30,36)(H,31,34)(H,32,35). The van der Waals surface area contributed by atoms with Gasteiger partial charge in [0.15, 0.2) is 0 Å². The number of benzene rings is 4. The van der Waals surface area contributed by atoms with E-state index in [4.69, 9.17) is 5.73 Å². The quantitative estimate of drug-likeness (QED) is 0.233. The molecule has 0 aliphatic heterocycles. The third-order valence-electron chi connectivity index (χ3n) is 6.46. The van der Waals surface area contributed by atoms with E-state index in [0.717, 1.165) is 5.39 Å². The Morgan fingerprint density at radius 3 is 2.18 bits per heavy atom. The van der Waals surface area contributed by atoms with Crippen LogP contribution < -0.4 is 16.4 Å². The SMILES string of the molecule is CC(NC(=O)C(Cc1ccc([N+](=O)[O-])cc1)NC(=O)c1cccc2ccccc12)(C(N)=O)c1ccccc1. The molecule has 4 aromatic rings. The number of carbonyl (C=O) groups excluding carboxylic acids is 3. The summed E-state index contributed by atoms with van der Waals surface area (Å²) in [5.74, 6) is -1.89. The molecular weight excluding hydrogens is 484 g/mol. The lowest BCUT2D eigenvalue weighted by Crippen LogP contribution is -2.58. The maximum absolute atomic E-state index is 13.6. The fraction of sp³-hybridized carbons (Fsp3) is 0.138. The van der Waals surface area contributed by atoms with Gasteiger partial charge in [-0.3, -0.25) is 24.5 Å². The largest absolute Gasteiger partial charge is 0.367 e. The van der Waals surface area contributed by atoms with Crippen molar-refractivity contribution in [2.75, 3.05) is 0 Å². The first-order chi connectivity index (χ1) is 18.2. The molecular formula is C29H26N4O5. The van der Waals surface area contributed by atoms with Crippen LogP contribution in [-0.2, 0) is 21.5 Å². The van der Waals surface area contributed by atoms with Crippen molar-refractivity contribution in [1.29, 1.82) is 0 Å². The average molecular weight is 511 g/mol. The van der Waals surface area contributed by atoms with E-state index in [1.165, 1.54) is 31.2 Å². The summed E-state index contributed by atoms with van der Waals surface area (Å²) in [6.45, 7) is 1.50. The second-order valence-electron chi connectivity index (χ2n) is 9.02. The fourth-order valence-electron chi connectivity index (χ4n) is 4.24. The summed E-state index contributed by atoms with van der Waals surface area (Å²) >= 11 is 0. The number of carbonyl (C=O) groups is 3. The highest BCUT2D eigenvalue weighted by Crippen LogP contribution is 2.22. The van der Waals surface area contributed by atoms with Crippen molar-refractivity contribution in [2.24, 2.45) is 5.73 Å². The van der Waals surface area contributed by atoms with Gasteiger partial charge in [-0.25, -0.2) is 0 Å². The molecule has 2 atom stereocenters. The molecule has 0 spiro atoms. The second-order valence-corrected chi connectivity index (χ2v) is 9.02. The Kier molecular flexibility index (Phi) is 7.48. The number of nitrogens with one attached hydrogen (secondary N) is 2. The number of nitrogens with zero attached hydrogens (tertiary/aromatic N) is 1. The molecule has 0 fully saturated rings. The zero-order valence-electron chi connectivity index (χ0n) is 20.6. The molecule has 0 aromatic heterocycles. The number of amides is 3. The summed E-state index contributed by atoms with van der Waals surface area (Å²) in [5.41, 5.74) is 5.50. The fourth-order valence-corrected chi connectivity index (χ4v) is 4.24. The van der Waals surface area contributed by atoms with Crippen LogP contribution in [0, 0.1) is 10.1 Å². The number of nitrogens with two attached hydrogens (primary N) is 1. The number of primary amides is 1. The summed E-state index contributed by atoms with van der Waals surface area (Å²) in [7, 11) is 0. The van der Waals surface area contributed by atoms with Crippen molar-refractivity contribution < 1.29 is 19.3 Å². The minimum absolute atomic E-state index is 0.0178. The van der Waals surface area contributed by atoms with Crippen molar-refractivity contribution >= 4 is 34.2 Å². The summed E-state index contributed by atoms with van der Waals surface area (Å²) < 4.78 is 0. The highest BCUT2D eigenvalue weighted by molar-refractivity contribution is 6.08. The molecule has 3 amide bonds. The Morgan fingerprint density at radius 1 is 0.895 bits per heavy atom. The number of hydrogen-bond donors (Lipinski definition) is 3. The van der Waals surface area contributed by atoms with Crippen LogP contribution in [0.4, 0.5) is 5.69 Å². The lowest BCUT2D eigenvalue weighted by molar-refractivity contribution is -0.384. The van der Waals surface area contributed by atoms with E-state index in [1.54, 1.807) is 42.5 Å². The molecule has 0 aliphatic carbocycles. The van der Waals surface area contributed by atoms with E-state index in [-0.39, 0.29) is 12.1 Å². The Hall–Kier alpha value is -5.05. The highest BCUT2D eigenvalue weighted by Gasteiger charge is 2.37. The lowest BCUT2D eigenvalue weighted by Gasteiger charge is -2.30. The maximum atomic E-state index is 13.6. The summed E-state index contributed by atoms with van der Waals surface area (Å²) in [6.07, 6.45) is 0.0178. The van der Waals surface area contributed by atoms with Crippen LogP contribution in [0.25, 0.3) is 10.8 Å². The van der Waals surface area contributed by atoms with Crippen LogP contribution in [0.5, 0.6) is 0 Å². The number of nitro benzene ring substituents is 1. The zero-order valence-corrected chi connectivity index (χ0v) is 20.6. The maximum Gasteiger partial charge on any atom is 0.269 e. The first-order valence-electron chi connectivity index (χ1n) is 11.9. The molecule has 38 heavy (non-hydrogen) atoms. The molecule has 4 N–H and O–H groups in total. The zero-order chi connectivity index (χ0) is 27.3. The number of non-ortho nitro benzene ring substituents is 1. The van der Waals surface area contributed by atoms with Crippen LogP contribution in [-0.4, -0.2) is 28.7 Å². The van der Waals surface area contributed by atoms with E-state index in [0.29, 0.717) is 22.1 Å². The highest BCUT2D eigenvalue weighted by atomic mass is 16.6. The third-order valence-corrected chi connectivity index (χ3v) is 6.46. The van der Waals surface area contributed by atoms with E-state index in [1.807, 2.05) is 30.3 Å². The minimum atomic E-state index is -1.55. The van der Waals surface area contributed by atoms with E-state index in [9.17, 15) is 24.5 Å². The molecule has 0 saturated carbocycles. The van der Waals surface area contributed by atoms with Gasteiger partial charge in [0.05, 0.1) is 4.92 Å². The van der Waals surface area contributed by atoms with Gasteiger partial charge in [0.2, 0.25) is 11.8 Å². The molecule has 4 rings (SSSR count). The van der Waals surface area contributed by atoms with E-state index in [2.05, 4.69) is 10.6 Å². The molecule has 4 aromatic carbocycles. The molecule has 2 unspecified atom stereocenters. The van der Waals surface area contributed by atoms with Gasteiger partial charge in [-0.2, -0.15) is 0 Å². The van der Waals surface area contributed by atoms with E-state index >= 15 is 0 Å². The van der Waals surface area contributed by atoms with Gasteiger partial charge in [0, 0.05) is 24.1 Å². The predicted octanol–water partition coefficient (Wildman–Crippen LogP) is 3.61. The third kappa shape index (κ3) is 5.52. The molecule has 0 saturated heterocycles. The summed E-state index contributed by atoms with van der Waals surface area (Å²) in [5, 5.41) is 18.1. The van der Waals surface area contributed by atoms with Crippen LogP contribution in [0.3, 0.4) is 0 Å². The van der Waals surface area contributed by atoms with Gasteiger partial charge in [0.25, 0.3) is 11.6 Å². The van der Waals surface area contributed by atoms with Gasteiger partial charge >= 0.3 is 0 Å². The Morgan fingerprint density at radius 2 is 1.53 bits per heavy atom. The predicted molar refractivity (Wildman–Crippen MR) is 143 cm³/mol. The Balaban J connectivity index is 1.67. The van der Waals surface area contributed by atoms with Crippen molar-refractivity contribution in [2.45, 2.75) is 24.9 Å². The Bertz CT molecular complexity index is 1500. The first-order valence-corrected chi connectivity index (χ1v) is 11.9. The van der Waals surface area contributed by atoms with Crippen LogP contribution in [0.2, 0.25) is 0 Å². The number of hydrogen-bond acceptors (Lipinski definition) is 5.